The summed E-state index contributed by atoms with van der Waals surface area (Å²) >= 11 is 0. The summed E-state index contributed by atoms with van der Waals surface area (Å²) in [6, 6.07) is 86.7. The lowest BCUT2D eigenvalue weighted by Crippen LogP contribution is -2.22. The molecule has 1 heterocycles. The Balaban J connectivity index is 0.998. The van der Waals surface area contributed by atoms with Crippen LogP contribution in [0.15, 0.2) is 237 Å². The lowest BCUT2D eigenvalue weighted by molar-refractivity contribution is 0.714. The Kier molecular flexibility index (Phi) is 8.33. The second-order valence-corrected chi connectivity index (χ2v) is 16.6. The molecule has 0 spiro atoms. The fraction of sp³-hybridized carbons (Fsp3) is 0.0333. The summed E-state index contributed by atoms with van der Waals surface area (Å²) < 4.78 is 2.41. The monoisotopic (exact) mass is 790 g/mol. The van der Waals surface area contributed by atoms with Crippen molar-refractivity contribution in [3.8, 4) is 39.1 Å². The first-order valence-electron chi connectivity index (χ1n) is 21.5. The minimum absolute atomic E-state index is 0.302. The minimum Gasteiger partial charge on any atom is -0.310 e. The molecule has 0 bridgehead atoms. The topological polar surface area (TPSA) is 8.17 Å². The summed E-state index contributed by atoms with van der Waals surface area (Å²) in [4.78, 5) is 2.41. The Morgan fingerprint density at radius 2 is 0.919 bits per heavy atom. The molecule has 0 amide bonds. The fourth-order valence-corrected chi connectivity index (χ4v) is 10.2. The first kappa shape index (κ1) is 36.0. The largest absolute Gasteiger partial charge is 0.310 e. The second-order valence-electron chi connectivity index (χ2n) is 16.6. The maximum absolute atomic E-state index is 2.43. The zero-order chi connectivity index (χ0) is 41.2. The number of benzene rings is 10. The standard InChI is InChI=1S/C60H42N2/c1-60(46-18-7-3-8-19-46)55-24-14-13-23-52(55)53-36-35-50(40-56(53)60)61(48-31-25-42(26-32-48)41-15-5-2-6-16-41)49-33-27-43(28-34-49)45-30-37-57-54(39-45)59-51-22-12-11-17-44(51)29-38-58(59)62(57)47-20-9-4-10-21-47/h2-40H,1H3. The zero-order valence-corrected chi connectivity index (χ0v) is 34.4. The predicted octanol–water partition coefficient (Wildman–Crippen LogP) is 16.1. The highest BCUT2D eigenvalue weighted by atomic mass is 15.1. The van der Waals surface area contributed by atoms with Crippen molar-refractivity contribution in [1.29, 1.82) is 0 Å². The van der Waals surface area contributed by atoms with Crippen molar-refractivity contribution >= 4 is 49.6 Å². The van der Waals surface area contributed by atoms with Crippen LogP contribution in [-0.2, 0) is 5.41 Å². The first-order chi connectivity index (χ1) is 30.6. The number of fused-ring (bicyclic) bond motifs is 8. The average molecular weight is 791 g/mol. The van der Waals surface area contributed by atoms with Gasteiger partial charge in [-0.1, -0.05) is 170 Å². The third kappa shape index (κ3) is 5.65. The van der Waals surface area contributed by atoms with Gasteiger partial charge in [-0.2, -0.15) is 0 Å². The number of anilines is 3. The van der Waals surface area contributed by atoms with Gasteiger partial charge in [-0.25, -0.2) is 0 Å². The molecular formula is C60H42N2. The normalized spacial score (nSPS) is 14.3. The molecule has 0 saturated carbocycles. The van der Waals surface area contributed by atoms with E-state index in [-0.39, 0.29) is 5.41 Å². The molecule has 1 aliphatic rings. The molecule has 0 fully saturated rings. The number of aromatic nitrogens is 1. The van der Waals surface area contributed by atoms with Crippen molar-refractivity contribution in [2.45, 2.75) is 12.3 Å². The Hall–Kier alpha value is -7.94. The molecular weight excluding hydrogens is 749 g/mol. The lowest BCUT2D eigenvalue weighted by atomic mass is 9.74. The van der Waals surface area contributed by atoms with Gasteiger partial charge in [-0.15, -0.1) is 0 Å². The Morgan fingerprint density at radius 3 is 1.66 bits per heavy atom. The highest BCUT2D eigenvalue weighted by molar-refractivity contribution is 6.22. The van der Waals surface area contributed by atoms with E-state index in [2.05, 4.69) is 253 Å². The third-order valence-electron chi connectivity index (χ3n) is 13.3. The summed E-state index contributed by atoms with van der Waals surface area (Å²) in [6.45, 7) is 2.39. The molecule has 0 saturated heterocycles. The van der Waals surface area contributed by atoms with Crippen molar-refractivity contribution in [1.82, 2.24) is 4.57 Å². The highest BCUT2D eigenvalue weighted by Crippen LogP contribution is 2.54. The highest BCUT2D eigenvalue weighted by Gasteiger charge is 2.41. The third-order valence-corrected chi connectivity index (χ3v) is 13.3. The van der Waals surface area contributed by atoms with Gasteiger partial charge in [0.05, 0.1) is 11.0 Å². The van der Waals surface area contributed by atoms with E-state index in [1.54, 1.807) is 0 Å². The van der Waals surface area contributed by atoms with Gasteiger partial charge in [0.2, 0.25) is 0 Å². The molecule has 0 aliphatic heterocycles. The van der Waals surface area contributed by atoms with Crippen LogP contribution >= 0.6 is 0 Å². The fourth-order valence-electron chi connectivity index (χ4n) is 10.2. The molecule has 1 unspecified atom stereocenters. The van der Waals surface area contributed by atoms with Crippen LogP contribution in [0.2, 0.25) is 0 Å². The molecule has 12 rings (SSSR count). The Labute approximate surface area is 362 Å². The molecule has 11 aromatic rings. The van der Waals surface area contributed by atoms with Crippen LogP contribution < -0.4 is 4.90 Å². The smallest absolute Gasteiger partial charge is 0.0547 e. The van der Waals surface area contributed by atoms with Gasteiger partial charge in [-0.3, -0.25) is 0 Å². The molecule has 1 aliphatic carbocycles. The quantitative estimate of drug-likeness (QED) is 0.156. The van der Waals surface area contributed by atoms with Crippen molar-refractivity contribution in [2.24, 2.45) is 0 Å². The summed E-state index contributed by atoms with van der Waals surface area (Å²) in [5.41, 5.74) is 18.0. The number of rotatable bonds is 7. The first-order valence-corrected chi connectivity index (χ1v) is 21.5. The Bertz CT molecular complexity index is 3440. The summed E-state index contributed by atoms with van der Waals surface area (Å²) in [5, 5.41) is 5.06. The zero-order valence-electron chi connectivity index (χ0n) is 34.4. The van der Waals surface area contributed by atoms with E-state index in [0.717, 1.165) is 22.7 Å². The molecule has 10 aromatic carbocycles. The SMILES string of the molecule is CC1(c2ccccc2)c2ccccc2-c2ccc(N(c3ccc(-c4ccccc4)cc3)c3ccc(-c4ccc5c(c4)c4c6ccccc6ccc4n5-c4ccccc4)cc3)cc21. The molecule has 0 N–H and O–H groups in total. The minimum atomic E-state index is -0.302. The van der Waals surface area contributed by atoms with E-state index in [4.69, 9.17) is 0 Å². The molecule has 292 valence electrons. The Morgan fingerprint density at radius 1 is 0.371 bits per heavy atom. The number of hydrogen-bond donors (Lipinski definition) is 0. The molecule has 62 heavy (non-hydrogen) atoms. The van der Waals surface area contributed by atoms with Gasteiger partial charge >= 0.3 is 0 Å². The lowest BCUT2D eigenvalue weighted by Gasteiger charge is -2.31. The molecule has 1 aromatic heterocycles. The van der Waals surface area contributed by atoms with Gasteiger partial charge in [0, 0.05) is 38.9 Å². The maximum Gasteiger partial charge on any atom is 0.0547 e. The number of nitrogens with zero attached hydrogens (tertiary/aromatic N) is 2. The van der Waals surface area contributed by atoms with E-state index in [1.165, 1.54) is 82.6 Å². The number of hydrogen-bond acceptors (Lipinski definition) is 1. The van der Waals surface area contributed by atoms with E-state index in [9.17, 15) is 0 Å². The van der Waals surface area contributed by atoms with Gasteiger partial charge in [0.1, 0.15) is 0 Å². The van der Waals surface area contributed by atoms with Gasteiger partial charge in [-0.05, 0) is 134 Å². The summed E-state index contributed by atoms with van der Waals surface area (Å²) in [5.74, 6) is 0. The van der Waals surface area contributed by atoms with E-state index >= 15 is 0 Å². The van der Waals surface area contributed by atoms with Crippen LogP contribution in [0.4, 0.5) is 17.1 Å². The van der Waals surface area contributed by atoms with Crippen LogP contribution in [0.25, 0.3) is 71.6 Å². The van der Waals surface area contributed by atoms with Crippen molar-refractivity contribution in [2.75, 3.05) is 4.90 Å². The van der Waals surface area contributed by atoms with Crippen LogP contribution in [-0.4, -0.2) is 4.57 Å². The maximum atomic E-state index is 2.43. The van der Waals surface area contributed by atoms with Crippen molar-refractivity contribution < 1.29 is 0 Å². The van der Waals surface area contributed by atoms with Crippen LogP contribution in [0.1, 0.15) is 23.6 Å². The molecule has 1 atom stereocenters. The second kappa shape index (κ2) is 14.4. The van der Waals surface area contributed by atoms with E-state index in [1.807, 2.05) is 0 Å². The van der Waals surface area contributed by atoms with Crippen molar-refractivity contribution in [3.05, 3.63) is 253 Å². The summed E-state index contributed by atoms with van der Waals surface area (Å²) in [7, 11) is 0. The average Bonchev–Trinajstić information content (AvgIpc) is 3.82. The van der Waals surface area contributed by atoms with E-state index < -0.39 is 0 Å². The van der Waals surface area contributed by atoms with E-state index in [0.29, 0.717) is 0 Å². The van der Waals surface area contributed by atoms with Gasteiger partial charge in [0.15, 0.2) is 0 Å². The van der Waals surface area contributed by atoms with Crippen LogP contribution in [0.3, 0.4) is 0 Å². The number of para-hydroxylation sites is 1. The molecule has 2 heteroatoms. The molecule has 2 nitrogen and oxygen atoms in total. The van der Waals surface area contributed by atoms with Crippen LogP contribution in [0, 0.1) is 0 Å². The van der Waals surface area contributed by atoms with Gasteiger partial charge in [0.25, 0.3) is 0 Å². The van der Waals surface area contributed by atoms with Gasteiger partial charge < -0.3 is 9.47 Å². The molecule has 0 radical (unpaired) electrons. The summed E-state index contributed by atoms with van der Waals surface area (Å²) in [6.07, 6.45) is 0. The van der Waals surface area contributed by atoms with Crippen molar-refractivity contribution in [3.63, 3.8) is 0 Å². The van der Waals surface area contributed by atoms with Crippen LogP contribution in [0.5, 0.6) is 0 Å². The predicted molar refractivity (Wildman–Crippen MR) is 261 cm³/mol.